The monoisotopic (exact) mass is 359 g/mol. The maximum atomic E-state index is 12.5. The fraction of sp³-hybridized carbons (Fsp3) is 0.0526. The molecule has 0 aliphatic rings. The Labute approximate surface area is 153 Å². The van der Waals surface area contributed by atoms with E-state index >= 15 is 0 Å². The van der Waals surface area contributed by atoms with Gasteiger partial charge in [-0.1, -0.05) is 12.1 Å². The van der Waals surface area contributed by atoms with Crippen molar-refractivity contribution in [2.75, 3.05) is 5.32 Å². The molecule has 126 valence electrons. The lowest BCUT2D eigenvalue weighted by molar-refractivity contribution is 0.102. The van der Waals surface area contributed by atoms with Crippen LogP contribution in [0.25, 0.3) is 22.0 Å². The van der Waals surface area contributed by atoms with E-state index < -0.39 is 0 Å². The molecule has 0 saturated heterocycles. The number of aryl methyl sites for hydroxylation is 1. The van der Waals surface area contributed by atoms with Crippen molar-refractivity contribution in [2.24, 2.45) is 0 Å². The molecule has 1 amide bonds. The van der Waals surface area contributed by atoms with Gasteiger partial charge in [0.2, 0.25) is 0 Å². The second-order valence-electron chi connectivity index (χ2n) is 5.75. The van der Waals surface area contributed by atoms with E-state index in [1.165, 1.54) is 11.3 Å². The smallest absolute Gasteiger partial charge is 0.275 e. The summed E-state index contributed by atoms with van der Waals surface area (Å²) in [6.07, 6.45) is 1.67. The zero-order valence-electron chi connectivity index (χ0n) is 13.8. The van der Waals surface area contributed by atoms with Gasteiger partial charge in [0.05, 0.1) is 34.0 Å². The number of anilines is 1. The lowest BCUT2D eigenvalue weighted by Crippen LogP contribution is -2.12. The number of nitrogens with one attached hydrogen (secondary N) is 2. The molecule has 0 atom stereocenters. The predicted molar refractivity (Wildman–Crippen MR) is 101 cm³/mol. The van der Waals surface area contributed by atoms with Crippen LogP contribution < -0.4 is 5.32 Å². The maximum Gasteiger partial charge on any atom is 0.275 e. The van der Waals surface area contributed by atoms with Gasteiger partial charge in [-0.25, -0.2) is 4.98 Å². The number of nitriles is 1. The molecule has 26 heavy (non-hydrogen) atoms. The van der Waals surface area contributed by atoms with E-state index in [2.05, 4.69) is 26.6 Å². The summed E-state index contributed by atoms with van der Waals surface area (Å²) in [5.41, 5.74) is 4.18. The van der Waals surface area contributed by atoms with Crippen molar-refractivity contribution in [1.29, 1.82) is 5.26 Å². The molecule has 0 aliphatic heterocycles. The fourth-order valence-electron chi connectivity index (χ4n) is 2.74. The van der Waals surface area contributed by atoms with Gasteiger partial charge in [0, 0.05) is 10.8 Å². The van der Waals surface area contributed by atoms with Crippen LogP contribution in [0.3, 0.4) is 0 Å². The third-order valence-corrected chi connectivity index (χ3v) is 4.76. The molecule has 4 aromatic rings. The summed E-state index contributed by atoms with van der Waals surface area (Å²) < 4.78 is 0. The number of hydrogen-bond donors (Lipinski definition) is 2. The number of amides is 1. The molecule has 4 rings (SSSR count). The van der Waals surface area contributed by atoms with Crippen LogP contribution in [0.15, 0.2) is 48.0 Å². The van der Waals surface area contributed by atoms with Gasteiger partial charge in [-0.2, -0.15) is 10.4 Å². The normalized spacial score (nSPS) is 10.6. The number of benzene rings is 2. The van der Waals surface area contributed by atoms with Crippen LogP contribution >= 0.6 is 11.3 Å². The summed E-state index contributed by atoms with van der Waals surface area (Å²) in [6.45, 7) is 1.86. The predicted octanol–water partition coefficient (Wildman–Crippen LogP) is 4.12. The highest BCUT2D eigenvalue weighted by atomic mass is 32.1. The highest BCUT2D eigenvalue weighted by Gasteiger charge is 2.14. The molecule has 0 radical (unpaired) electrons. The van der Waals surface area contributed by atoms with E-state index in [0.29, 0.717) is 16.9 Å². The summed E-state index contributed by atoms with van der Waals surface area (Å²) >= 11 is 1.43. The Morgan fingerprint density at radius 3 is 2.92 bits per heavy atom. The van der Waals surface area contributed by atoms with Gasteiger partial charge in [-0.3, -0.25) is 9.89 Å². The summed E-state index contributed by atoms with van der Waals surface area (Å²) in [5, 5.41) is 22.4. The van der Waals surface area contributed by atoms with Crippen LogP contribution in [0.1, 0.15) is 21.1 Å². The van der Waals surface area contributed by atoms with Gasteiger partial charge in [0.15, 0.2) is 0 Å². The molecule has 6 nitrogen and oxygen atoms in total. The molecule has 0 bridgehead atoms. The van der Waals surface area contributed by atoms with Gasteiger partial charge in [-0.15, -0.1) is 11.3 Å². The SMILES string of the molecule is Cc1nc(C(=O)Nc2cc(-c3cccc(C#N)c3)cc3[nH]ncc23)cs1. The Bertz CT molecular complexity index is 1170. The lowest BCUT2D eigenvalue weighted by Gasteiger charge is -2.09. The van der Waals surface area contributed by atoms with Crippen LogP contribution in [0.4, 0.5) is 5.69 Å². The van der Waals surface area contributed by atoms with Crippen LogP contribution in [-0.2, 0) is 0 Å². The average molecular weight is 359 g/mol. The number of carbonyl (C=O) groups is 1. The summed E-state index contributed by atoms with van der Waals surface area (Å²) in [5.74, 6) is -0.264. The minimum Gasteiger partial charge on any atom is -0.320 e. The first-order valence-corrected chi connectivity index (χ1v) is 8.73. The van der Waals surface area contributed by atoms with Crippen molar-refractivity contribution in [3.05, 3.63) is 64.2 Å². The minimum absolute atomic E-state index is 0.264. The molecular weight excluding hydrogens is 346 g/mol. The number of carbonyl (C=O) groups excluding carboxylic acids is 1. The zero-order valence-corrected chi connectivity index (χ0v) is 14.6. The summed E-state index contributed by atoms with van der Waals surface area (Å²) in [6, 6.07) is 13.3. The molecule has 0 spiro atoms. The molecule has 0 fully saturated rings. The molecule has 2 N–H and O–H groups in total. The van der Waals surface area contributed by atoms with E-state index in [4.69, 9.17) is 5.26 Å². The van der Waals surface area contributed by atoms with Crippen molar-refractivity contribution < 1.29 is 4.79 Å². The second-order valence-corrected chi connectivity index (χ2v) is 6.82. The Balaban J connectivity index is 1.77. The van der Waals surface area contributed by atoms with Crippen molar-refractivity contribution in [3.8, 4) is 17.2 Å². The van der Waals surface area contributed by atoms with E-state index in [1.54, 1.807) is 17.6 Å². The summed E-state index contributed by atoms with van der Waals surface area (Å²) in [4.78, 5) is 16.7. The van der Waals surface area contributed by atoms with Crippen LogP contribution in [0, 0.1) is 18.3 Å². The van der Waals surface area contributed by atoms with Gasteiger partial charge >= 0.3 is 0 Å². The topological polar surface area (TPSA) is 94.5 Å². The first kappa shape index (κ1) is 16.0. The van der Waals surface area contributed by atoms with Crippen LogP contribution in [0.2, 0.25) is 0 Å². The average Bonchev–Trinajstić information content (AvgIpc) is 3.30. The Hall–Kier alpha value is -3.50. The first-order chi connectivity index (χ1) is 12.6. The molecule has 7 heteroatoms. The highest BCUT2D eigenvalue weighted by Crippen LogP contribution is 2.30. The number of aromatic amines is 1. The van der Waals surface area contributed by atoms with Crippen molar-refractivity contribution in [2.45, 2.75) is 6.92 Å². The first-order valence-electron chi connectivity index (χ1n) is 7.85. The van der Waals surface area contributed by atoms with E-state index in [-0.39, 0.29) is 5.91 Å². The van der Waals surface area contributed by atoms with Gasteiger partial charge in [0.25, 0.3) is 5.91 Å². The number of hydrogen-bond acceptors (Lipinski definition) is 5. The van der Waals surface area contributed by atoms with Crippen molar-refractivity contribution in [3.63, 3.8) is 0 Å². The molecule has 0 unspecified atom stereocenters. The van der Waals surface area contributed by atoms with Crippen molar-refractivity contribution >= 4 is 33.8 Å². The van der Waals surface area contributed by atoms with Gasteiger partial charge in [0.1, 0.15) is 5.69 Å². The number of fused-ring (bicyclic) bond motifs is 1. The Morgan fingerprint density at radius 1 is 1.27 bits per heavy atom. The number of H-pyrrole nitrogens is 1. The van der Waals surface area contributed by atoms with E-state index in [0.717, 1.165) is 27.0 Å². The third kappa shape index (κ3) is 2.94. The zero-order chi connectivity index (χ0) is 18.1. The number of nitrogens with zero attached hydrogens (tertiary/aromatic N) is 3. The molecule has 2 aromatic heterocycles. The van der Waals surface area contributed by atoms with Gasteiger partial charge in [-0.05, 0) is 42.3 Å². The van der Waals surface area contributed by atoms with E-state index in [1.807, 2.05) is 37.3 Å². The third-order valence-electron chi connectivity index (χ3n) is 3.98. The highest BCUT2D eigenvalue weighted by molar-refractivity contribution is 7.09. The molecule has 0 aliphatic carbocycles. The Kier molecular flexibility index (Phi) is 3.95. The van der Waals surface area contributed by atoms with Crippen LogP contribution in [0.5, 0.6) is 0 Å². The van der Waals surface area contributed by atoms with Crippen molar-refractivity contribution in [1.82, 2.24) is 15.2 Å². The van der Waals surface area contributed by atoms with E-state index in [9.17, 15) is 4.79 Å². The molecule has 2 heterocycles. The Morgan fingerprint density at radius 2 is 2.15 bits per heavy atom. The van der Waals surface area contributed by atoms with Crippen LogP contribution in [-0.4, -0.2) is 21.1 Å². The largest absolute Gasteiger partial charge is 0.320 e. The lowest BCUT2D eigenvalue weighted by atomic mass is 10.0. The molecule has 0 saturated carbocycles. The number of aromatic nitrogens is 3. The number of thiazole rings is 1. The molecular formula is C19H13N5OS. The summed E-state index contributed by atoms with van der Waals surface area (Å²) in [7, 11) is 0. The maximum absolute atomic E-state index is 12.5. The van der Waals surface area contributed by atoms with Gasteiger partial charge < -0.3 is 5.32 Å². The second kappa shape index (κ2) is 6.43. The fourth-order valence-corrected chi connectivity index (χ4v) is 3.34. The standard InChI is InChI=1S/C19H13N5OS/c1-11-22-18(10-26-11)19(25)23-16-6-14(7-17-15(16)9-21-24-17)13-4-2-3-12(5-13)8-20/h2-7,9-10H,1H3,(H,21,24)(H,23,25). The number of rotatable bonds is 3. The molecule has 2 aromatic carbocycles. The minimum atomic E-state index is -0.264. The quantitative estimate of drug-likeness (QED) is 0.575.